The first-order chi connectivity index (χ1) is 11.7. The molecule has 0 aliphatic rings. The molecule has 8 heteroatoms. The lowest BCUT2D eigenvalue weighted by molar-refractivity contribution is -0.119. The number of hydrogen-bond acceptors (Lipinski definition) is 6. The number of carbonyl (C=O) groups is 2. The number of carbonyl (C=O) groups excluding carboxylic acids is 2. The van der Waals surface area contributed by atoms with Crippen molar-refractivity contribution in [1.82, 2.24) is 14.8 Å². The highest BCUT2D eigenvalue weighted by Gasteiger charge is 2.28. The molecule has 0 N–H and O–H groups in total. The summed E-state index contributed by atoms with van der Waals surface area (Å²) in [5.74, 6) is -0.853. The van der Waals surface area contributed by atoms with Gasteiger partial charge in [-0.15, -0.1) is 0 Å². The average molecular weight is 364 g/mol. The molecule has 0 aromatic carbocycles. The second kappa shape index (κ2) is 7.35. The number of nitrogens with zero attached hydrogens (tertiary/aromatic N) is 4. The molecule has 1 unspecified atom stereocenters. The smallest absolute Gasteiger partial charge is 0.350 e. The minimum atomic E-state index is -0.406. The first kappa shape index (κ1) is 19.1. The van der Waals surface area contributed by atoms with Crippen molar-refractivity contribution in [3.63, 3.8) is 0 Å². The molecule has 25 heavy (non-hydrogen) atoms. The number of hydrogen-bond donors (Lipinski definition) is 0. The molecule has 0 aliphatic carbocycles. The lowest BCUT2D eigenvalue weighted by Crippen LogP contribution is -2.30. The zero-order valence-electron chi connectivity index (χ0n) is 15.7. The normalized spacial score (nSPS) is 12.1. The maximum atomic E-state index is 12.9. The zero-order chi connectivity index (χ0) is 18.9. The van der Waals surface area contributed by atoms with Gasteiger partial charge < -0.3 is 4.74 Å². The highest BCUT2D eigenvalue weighted by molar-refractivity contribution is 7.17. The van der Waals surface area contributed by atoms with Crippen LogP contribution in [0.25, 0.3) is 0 Å². The molecule has 0 saturated heterocycles. The quantitative estimate of drug-likeness (QED) is 0.763. The van der Waals surface area contributed by atoms with Crippen LogP contribution in [0.2, 0.25) is 0 Å². The minimum absolute atomic E-state index is 0.0941. The zero-order valence-corrected chi connectivity index (χ0v) is 16.5. The predicted octanol–water partition coefficient (Wildman–Crippen LogP) is 2.75. The van der Waals surface area contributed by atoms with Crippen LogP contribution in [0.3, 0.4) is 0 Å². The van der Waals surface area contributed by atoms with Crippen molar-refractivity contribution >= 4 is 28.3 Å². The van der Waals surface area contributed by atoms with Crippen molar-refractivity contribution in [2.45, 2.75) is 40.5 Å². The van der Waals surface area contributed by atoms with Crippen LogP contribution in [0.5, 0.6) is 0 Å². The van der Waals surface area contributed by atoms with E-state index in [0.29, 0.717) is 22.3 Å². The van der Waals surface area contributed by atoms with Gasteiger partial charge in [-0.25, -0.2) is 9.78 Å². The predicted molar refractivity (Wildman–Crippen MR) is 97.3 cm³/mol. The van der Waals surface area contributed by atoms with E-state index in [1.54, 1.807) is 25.6 Å². The Morgan fingerprint density at radius 3 is 2.44 bits per heavy atom. The fourth-order valence-electron chi connectivity index (χ4n) is 2.84. The van der Waals surface area contributed by atoms with E-state index in [1.165, 1.54) is 16.2 Å². The molecule has 2 aromatic heterocycles. The largest absolute Gasteiger partial charge is 0.462 e. The summed E-state index contributed by atoms with van der Waals surface area (Å²) >= 11 is 1.17. The topological polar surface area (TPSA) is 77.3 Å². The molecule has 0 radical (unpaired) electrons. The van der Waals surface area contributed by atoms with E-state index in [1.807, 2.05) is 27.8 Å². The number of likely N-dealkylation sites (N-methyl/N-ethyl adjacent to an activating group) is 1. The van der Waals surface area contributed by atoms with Crippen molar-refractivity contribution in [2.24, 2.45) is 7.05 Å². The van der Waals surface area contributed by atoms with Crippen molar-refractivity contribution < 1.29 is 14.3 Å². The molecule has 7 nitrogen and oxygen atoms in total. The van der Waals surface area contributed by atoms with Gasteiger partial charge in [0.05, 0.1) is 23.9 Å². The van der Waals surface area contributed by atoms with Gasteiger partial charge in [0, 0.05) is 25.4 Å². The first-order valence-electron chi connectivity index (χ1n) is 8.11. The minimum Gasteiger partial charge on any atom is -0.462 e. The second-order valence-corrected chi connectivity index (χ2v) is 6.94. The Kier molecular flexibility index (Phi) is 5.62. The second-order valence-electron chi connectivity index (χ2n) is 5.96. The van der Waals surface area contributed by atoms with E-state index in [0.717, 1.165) is 17.0 Å². The van der Waals surface area contributed by atoms with Crippen LogP contribution in [0.1, 0.15) is 52.1 Å². The molecule has 136 valence electrons. The summed E-state index contributed by atoms with van der Waals surface area (Å²) in [5, 5.41) is 4.86. The van der Waals surface area contributed by atoms with E-state index >= 15 is 0 Å². The summed E-state index contributed by atoms with van der Waals surface area (Å²) in [7, 11) is 3.54. The van der Waals surface area contributed by atoms with Gasteiger partial charge in [-0.2, -0.15) is 5.10 Å². The molecule has 2 heterocycles. The van der Waals surface area contributed by atoms with Gasteiger partial charge in [0.15, 0.2) is 5.13 Å². The van der Waals surface area contributed by atoms with E-state index in [2.05, 4.69) is 10.1 Å². The van der Waals surface area contributed by atoms with Crippen LogP contribution in [0, 0.1) is 20.8 Å². The van der Waals surface area contributed by atoms with E-state index in [4.69, 9.17) is 4.74 Å². The highest BCUT2D eigenvalue weighted by atomic mass is 32.1. The fourth-order valence-corrected chi connectivity index (χ4v) is 3.76. The van der Waals surface area contributed by atoms with Crippen molar-refractivity contribution in [1.29, 1.82) is 0 Å². The molecule has 1 atom stereocenters. The van der Waals surface area contributed by atoms with Crippen molar-refractivity contribution in [3.8, 4) is 0 Å². The third-order valence-corrected chi connectivity index (χ3v) is 5.45. The molecule has 1 amide bonds. The van der Waals surface area contributed by atoms with Gasteiger partial charge in [-0.05, 0) is 34.6 Å². The highest BCUT2D eigenvalue weighted by Crippen LogP contribution is 2.30. The molecule has 0 spiro atoms. The Hall–Kier alpha value is -2.22. The van der Waals surface area contributed by atoms with Crippen LogP contribution in [0.4, 0.5) is 5.13 Å². The van der Waals surface area contributed by atoms with Crippen LogP contribution in [0.15, 0.2) is 0 Å². The summed E-state index contributed by atoms with van der Waals surface area (Å²) in [6.07, 6.45) is 0. The van der Waals surface area contributed by atoms with Crippen LogP contribution in [-0.4, -0.2) is 40.3 Å². The molecule has 0 saturated carbocycles. The summed E-state index contributed by atoms with van der Waals surface area (Å²) in [6, 6.07) is 0. The number of esters is 1. The molecule has 0 aliphatic heterocycles. The lowest BCUT2D eigenvalue weighted by atomic mass is 9.98. The number of thiazole rings is 1. The van der Waals surface area contributed by atoms with Gasteiger partial charge in [-0.1, -0.05) is 11.3 Å². The monoisotopic (exact) mass is 364 g/mol. The molecule has 0 fully saturated rings. The number of rotatable bonds is 5. The third-order valence-electron chi connectivity index (χ3n) is 4.23. The summed E-state index contributed by atoms with van der Waals surface area (Å²) < 4.78 is 6.81. The van der Waals surface area contributed by atoms with E-state index in [-0.39, 0.29) is 11.8 Å². The van der Waals surface area contributed by atoms with Crippen LogP contribution < -0.4 is 4.90 Å². The number of anilines is 1. The maximum Gasteiger partial charge on any atom is 0.350 e. The van der Waals surface area contributed by atoms with Gasteiger partial charge in [-0.3, -0.25) is 14.4 Å². The molecular weight excluding hydrogens is 340 g/mol. The van der Waals surface area contributed by atoms with Gasteiger partial charge >= 0.3 is 5.97 Å². The summed E-state index contributed by atoms with van der Waals surface area (Å²) in [5.41, 5.74) is 3.31. The van der Waals surface area contributed by atoms with Gasteiger partial charge in [0.2, 0.25) is 5.91 Å². The Balaban J connectivity index is 2.28. The van der Waals surface area contributed by atoms with Crippen molar-refractivity contribution in [2.75, 3.05) is 18.6 Å². The fraction of sp³-hybridized carbons (Fsp3) is 0.529. The third kappa shape index (κ3) is 3.58. The standard InChI is InChI=1S/C17H24N4O3S/c1-8-24-16(23)14-11(4)18-17(25-14)20(6)15(22)9(2)13-10(3)19-21(7)12(13)5/h9H,8H2,1-7H3. The van der Waals surface area contributed by atoms with Gasteiger partial charge in [0.25, 0.3) is 0 Å². The molecular formula is C17H24N4O3S. The average Bonchev–Trinajstić information content (AvgIpc) is 3.06. The number of ether oxygens (including phenoxy) is 1. The van der Waals surface area contributed by atoms with Crippen molar-refractivity contribution in [3.05, 3.63) is 27.5 Å². The lowest BCUT2D eigenvalue weighted by Gasteiger charge is -2.19. The Morgan fingerprint density at radius 1 is 1.28 bits per heavy atom. The van der Waals surface area contributed by atoms with E-state index in [9.17, 15) is 9.59 Å². The van der Waals surface area contributed by atoms with E-state index < -0.39 is 5.97 Å². The number of amides is 1. The number of aromatic nitrogens is 3. The summed E-state index contributed by atoms with van der Waals surface area (Å²) in [6.45, 7) is 9.51. The number of aryl methyl sites for hydroxylation is 3. The SMILES string of the molecule is CCOC(=O)c1sc(N(C)C(=O)C(C)c2c(C)nn(C)c2C)nc1C. The maximum absolute atomic E-state index is 12.9. The first-order valence-corrected chi connectivity index (χ1v) is 8.92. The Morgan fingerprint density at radius 2 is 1.92 bits per heavy atom. The van der Waals surface area contributed by atoms with Crippen LogP contribution in [-0.2, 0) is 16.6 Å². The summed E-state index contributed by atoms with van der Waals surface area (Å²) in [4.78, 5) is 31.2. The Bertz CT molecular complexity index is 809. The molecule has 2 rings (SSSR count). The molecule has 2 aromatic rings. The Labute approximate surface area is 151 Å². The van der Waals surface area contributed by atoms with Gasteiger partial charge in [0.1, 0.15) is 4.88 Å². The van der Waals surface area contributed by atoms with Crippen LogP contribution >= 0.6 is 11.3 Å². The molecule has 0 bridgehead atoms.